The van der Waals surface area contributed by atoms with E-state index < -0.39 is 17.8 Å². The van der Waals surface area contributed by atoms with Crippen molar-refractivity contribution >= 4 is 5.91 Å². The summed E-state index contributed by atoms with van der Waals surface area (Å²) >= 11 is 0. The van der Waals surface area contributed by atoms with E-state index in [4.69, 9.17) is 0 Å². The van der Waals surface area contributed by atoms with E-state index in [1.54, 1.807) is 5.10 Å². The van der Waals surface area contributed by atoms with Crippen LogP contribution >= 0.6 is 0 Å². The normalized spacial score (nSPS) is 11.5. The number of aromatic nitrogens is 2. The first-order valence-corrected chi connectivity index (χ1v) is 3.66. The third-order valence-corrected chi connectivity index (χ3v) is 1.51. The van der Waals surface area contributed by atoms with E-state index in [9.17, 15) is 18.0 Å². The zero-order valence-electron chi connectivity index (χ0n) is 7.51. The molecule has 1 aromatic rings. The maximum atomic E-state index is 12.1. The fourth-order valence-electron chi connectivity index (χ4n) is 0.806. The molecule has 0 aliphatic rings. The lowest BCUT2D eigenvalue weighted by molar-refractivity contribution is -0.141. The second-order valence-electron chi connectivity index (χ2n) is 2.86. The van der Waals surface area contributed by atoms with Crippen molar-refractivity contribution in [2.75, 3.05) is 14.1 Å². The molecule has 1 rings (SSSR count). The lowest BCUT2D eigenvalue weighted by Crippen LogP contribution is -2.21. The largest absolute Gasteiger partial charge is 0.432 e. The van der Waals surface area contributed by atoms with Crippen LogP contribution in [0, 0.1) is 0 Å². The van der Waals surface area contributed by atoms with Crippen LogP contribution in [0.15, 0.2) is 6.07 Å². The molecule has 0 saturated heterocycles. The summed E-state index contributed by atoms with van der Waals surface area (Å²) in [7, 11) is 2.87. The Balaban J connectivity index is 2.95. The molecule has 4 nitrogen and oxygen atoms in total. The second kappa shape index (κ2) is 3.32. The molecule has 0 fully saturated rings. The number of halogens is 3. The zero-order valence-corrected chi connectivity index (χ0v) is 7.51. The molecule has 0 radical (unpaired) electrons. The first-order valence-electron chi connectivity index (χ1n) is 3.66. The molecule has 0 atom stereocenters. The third kappa shape index (κ3) is 2.04. The van der Waals surface area contributed by atoms with E-state index in [0.717, 1.165) is 4.90 Å². The number of hydrogen-bond acceptors (Lipinski definition) is 2. The monoisotopic (exact) mass is 207 g/mol. The van der Waals surface area contributed by atoms with Crippen LogP contribution in [0.4, 0.5) is 13.2 Å². The molecule has 0 saturated carbocycles. The Morgan fingerprint density at radius 1 is 1.50 bits per heavy atom. The van der Waals surface area contributed by atoms with Crippen molar-refractivity contribution in [3.05, 3.63) is 17.5 Å². The Kier molecular flexibility index (Phi) is 2.50. The van der Waals surface area contributed by atoms with Crippen molar-refractivity contribution in [3.8, 4) is 0 Å². The van der Waals surface area contributed by atoms with Gasteiger partial charge in [0.25, 0.3) is 5.91 Å². The topological polar surface area (TPSA) is 49.0 Å². The van der Waals surface area contributed by atoms with Gasteiger partial charge in [0.15, 0.2) is 5.69 Å². The van der Waals surface area contributed by atoms with Gasteiger partial charge in [-0.15, -0.1) is 0 Å². The van der Waals surface area contributed by atoms with Crippen LogP contribution in [-0.2, 0) is 6.18 Å². The predicted octanol–water partition coefficient (Wildman–Crippen LogP) is 1.13. The van der Waals surface area contributed by atoms with Gasteiger partial charge in [0.2, 0.25) is 0 Å². The maximum Gasteiger partial charge on any atom is 0.432 e. The molecule has 0 spiro atoms. The van der Waals surface area contributed by atoms with E-state index in [1.165, 1.54) is 14.1 Å². The number of nitrogens with zero attached hydrogens (tertiary/aromatic N) is 2. The van der Waals surface area contributed by atoms with E-state index in [0.29, 0.717) is 6.07 Å². The molecule has 1 N–H and O–H groups in total. The number of H-pyrrole nitrogens is 1. The van der Waals surface area contributed by atoms with E-state index >= 15 is 0 Å². The average Bonchev–Trinajstić information content (AvgIpc) is 2.49. The fourth-order valence-corrected chi connectivity index (χ4v) is 0.806. The zero-order chi connectivity index (χ0) is 10.9. The Bertz CT molecular complexity index is 342. The van der Waals surface area contributed by atoms with Crippen molar-refractivity contribution < 1.29 is 18.0 Å². The van der Waals surface area contributed by atoms with E-state index in [1.807, 2.05) is 0 Å². The minimum Gasteiger partial charge on any atom is -0.343 e. The van der Waals surface area contributed by atoms with Crippen LogP contribution in [0.1, 0.15) is 16.2 Å². The number of hydrogen-bond donors (Lipinski definition) is 1. The summed E-state index contributed by atoms with van der Waals surface area (Å²) in [6.07, 6.45) is -4.50. The molecule has 0 aliphatic heterocycles. The minimum atomic E-state index is -4.50. The summed E-state index contributed by atoms with van der Waals surface area (Å²) in [4.78, 5) is 12.3. The lowest BCUT2D eigenvalue weighted by atomic mass is 10.3. The summed E-state index contributed by atoms with van der Waals surface area (Å²) in [5.74, 6) is -0.572. The highest BCUT2D eigenvalue weighted by atomic mass is 19.4. The lowest BCUT2D eigenvalue weighted by Gasteiger charge is -2.06. The molecule has 0 bridgehead atoms. The number of alkyl halides is 3. The molecule has 78 valence electrons. The highest BCUT2D eigenvalue weighted by Gasteiger charge is 2.33. The smallest absolute Gasteiger partial charge is 0.343 e. The quantitative estimate of drug-likeness (QED) is 0.750. The van der Waals surface area contributed by atoms with Gasteiger partial charge in [-0.2, -0.15) is 18.3 Å². The van der Waals surface area contributed by atoms with Crippen molar-refractivity contribution in [1.29, 1.82) is 0 Å². The van der Waals surface area contributed by atoms with Crippen molar-refractivity contribution in [2.45, 2.75) is 6.18 Å². The summed E-state index contributed by atoms with van der Waals surface area (Å²) < 4.78 is 36.2. The standard InChI is InChI=1S/C7H8F3N3O/c1-13(2)6(14)4-3-5(12-11-4)7(8,9)10/h3H,1-2H3,(H,11,12). The van der Waals surface area contributed by atoms with Crippen LogP contribution in [-0.4, -0.2) is 35.1 Å². The molecule has 1 amide bonds. The van der Waals surface area contributed by atoms with E-state index in [2.05, 4.69) is 5.10 Å². The number of amides is 1. The van der Waals surface area contributed by atoms with Crippen molar-refractivity contribution in [3.63, 3.8) is 0 Å². The number of carbonyl (C=O) groups is 1. The van der Waals surface area contributed by atoms with Crippen LogP contribution in [0.3, 0.4) is 0 Å². The first kappa shape index (κ1) is 10.6. The molecular formula is C7H8F3N3O. The predicted molar refractivity (Wildman–Crippen MR) is 41.6 cm³/mol. The molecule has 1 heterocycles. The Labute approximate surface area is 77.7 Å². The van der Waals surface area contributed by atoms with Gasteiger partial charge < -0.3 is 4.90 Å². The van der Waals surface area contributed by atoms with Crippen LogP contribution in [0.25, 0.3) is 0 Å². The van der Waals surface area contributed by atoms with Gasteiger partial charge in [0.1, 0.15) is 5.69 Å². The van der Waals surface area contributed by atoms with Gasteiger partial charge in [-0.25, -0.2) is 0 Å². The molecular weight excluding hydrogens is 199 g/mol. The SMILES string of the molecule is CN(C)C(=O)c1cc(C(F)(F)F)[nH]n1. The van der Waals surface area contributed by atoms with Crippen molar-refractivity contribution in [2.24, 2.45) is 0 Å². The summed E-state index contributed by atoms with van der Waals surface area (Å²) in [6, 6.07) is 0.683. The average molecular weight is 207 g/mol. The van der Waals surface area contributed by atoms with Crippen LogP contribution < -0.4 is 0 Å². The highest BCUT2D eigenvalue weighted by molar-refractivity contribution is 5.91. The Morgan fingerprint density at radius 2 is 2.07 bits per heavy atom. The van der Waals surface area contributed by atoms with Gasteiger partial charge in [0.05, 0.1) is 0 Å². The van der Waals surface area contributed by atoms with Gasteiger partial charge in [0, 0.05) is 20.2 Å². The Hall–Kier alpha value is -1.53. The second-order valence-corrected chi connectivity index (χ2v) is 2.86. The summed E-state index contributed by atoms with van der Waals surface area (Å²) in [5.41, 5.74) is -1.27. The van der Waals surface area contributed by atoms with Crippen molar-refractivity contribution in [1.82, 2.24) is 15.1 Å². The van der Waals surface area contributed by atoms with Gasteiger partial charge in [-0.05, 0) is 0 Å². The fraction of sp³-hybridized carbons (Fsp3) is 0.429. The molecule has 1 aromatic heterocycles. The maximum absolute atomic E-state index is 12.1. The third-order valence-electron chi connectivity index (χ3n) is 1.51. The van der Waals surface area contributed by atoms with Gasteiger partial charge in [-0.1, -0.05) is 0 Å². The molecule has 0 aliphatic carbocycles. The first-order chi connectivity index (χ1) is 6.32. The minimum absolute atomic E-state index is 0.248. The molecule has 0 aromatic carbocycles. The number of carbonyl (C=O) groups excluding carboxylic acids is 1. The summed E-state index contributed by atoms with van der Waals surface area (Å²) in [6.45, 7) is 0. The molecule has 0 unspecified atom stereocenters. The van der Waals surface area contributed by atoms with E-state index in [-0.39, 0.29) is 5.69 Å². The summed E-state index contributed by atoms with van der Waals surface area (Å²) in [5, 5.41) is 5.03. The molecule has 7 heteroatoms. The van der Waals surface area contributed by atoms with Gasteiger partial charge >= 0.3 is 6.18 Å². The Morgan fingerprint density at radius 3 is 2.43 bits per heavy atom. The number of rotatable bonds is 1. The number of nitrogens with one attached hydrogen (secondary N) is 1. The molecule has 14 heavy (non-hydrogen) atoms. The van der Waals surface area contributed by atoms with Crippen LogP contribution in [0.2, 0.25) is 0 Å². The number of aromatic amines is 1. The van der Waals surface area contributed by atoms with Gasteiger partial charge in [-0.3, -0.25) is 9.89 Å². The highest BCUT2D eigenvalue weighted by Crippen LogP contribution is 2.27. The van der Waals surface area contributed by atoms with Crippen LogP contribution in [0.5, 0.6) is 0 Å².